The van der Waals surface area contributed by atoms with Crippen molar-refractivity contribution in [3.05, 3.63) is 96.9 Å². The molecule has 0 saturated carbocycles. The third kappa shape index (κ3) is 47.3. The van der Waals surface area contributed by atoms with Crippen LogP contribution in [-0.2, 0) is 785 Å². The molecule has 0 atom stereocenters. The number of amides is 1. The average molecular weight is 2500 g/mol. The van der Waals surface area contributed by atoms with Crippen LogP contribution in [0.4, 0.5) is 0 Å². The van der Waals surface area contributed by atoms with Crippen LogP contribution >= 0.6 is 0 Å². The Morgan fingerprint density at radius 2 is 1.00 bits per heavy atom. The number of primary amides is 1. The van der Waals surface area contributed by atoms with Gasteiger partial charge in [-0.3, -0.25) is 9.95 Å². The van der Waals surface area contributed by atoms with Crippen LogP contribution in [0.25, 0.3) is 32.9 Å². The summed E-state index contributed by atoms with van der Waals surface area (Å²) in [6, 6.07) is 21.7. The van der Waals surface area contributed by atoms with Crippen molar-refractivity contribution in [2.45, 2.75) is 0 Å². The van der Waals surface area contributed by atoms with Crippen LogP contribution in [0.2, 0.25) is 0 Å². The number of nitrogens with two attached hydrogens (primary N) is 1. The predicted octanol–water partition coefficient (Wildman–Crippen LogP) is 4.15. The Hall–Kier alpha value is 22.5. The standard InChI is InChI=1S/C23H14N3O2.24Y/c24-23(27)19-10-16(17-12-25-28-14-17)11-21-22(19)18-8-4-5-9-20(18)26(21)13-15-6-2-1-3-7-15;;;;;;;;;;;;;;;;;;;;;;;;/h1-11,13H,(H2,24,27);;;;;;;;;;;;;;;;;;;;;;;;/q-3;;;;;;;;;;;;;;;;;;;;;;;;. The van der Waals surface area contributed by atoms with E-state index in [1.54, 1.807) is 6.07 Å². The van der Waals surface area contributed by atoms with Crippen LogP contribution in [0, 0.1) is 19.0 Å². The van der Waals surface area contributed by atoms with E-state index in [4.69, 9.17) is 10.3 Å². The van der Waals surface area contributed by atoms with Crippen LogP contribution in [-0.4, -0.2) is 15.6 Å². The number of carbonyl (C=O) groups excluding carboxylic acids is 1. The number of nitrogens with zero attached hydrogens (tertiary/aromatic N) is 2. The molecule has 24 radical (unpaired) electrons. The number of rotatable bonds is 4. The fourth-order valence-electron chi connectivity index (χ4n) is 3.57. The van der Waals surface area contributed by atoms with Crippen molar-refractivity contribution in [1.29, 1.82) is 0 Å². The number of para-hydroxylation sites is 1. The smallest absolute Gasteiger partial charge is 0.246 e. The number of benzene rings is 3. The fraction of sp³-hybridized carbons (Fsp3) is 0. The number of hydrogen-bond donors (Lipinski definition) is 1. The molecule has 29 heteroatoms. The first-order valence-electron chi connectivity index (χ1n) is 8.74. The fourth-order valence-corrected chi connectivity index (χ4v) is 3.57. The molecule has 0 aliphatic rings. The predicted molar refractivity (Wildman–Crippen MR) is 106 cm³/mol. The van der Waals surface area contributed by atoms with Crippen LogP contribution in [0.3, 0.4) is 0 Å². The molecule has 0 fully saturated rings. The Balaban J connectivity index is -0.0000000237. The van der Waals surface area contributed by atoms with Crippen molar-refractivity contribution in [2.24, 2.45) is 5.73 Å². The molecule has 0 saturated heterocycles. The molecule has 52 heavy (non-hydrogen) atoms. The van der Waals surface area contributed by atoms with E-state index < -0.39 is 5.91 Å². The normalized spacial score (nSPS) is 6.00. The van der Waals surface area contributed by atoms with E-state index >= 15 is 0 Å². The van der Waals surface area contributed by atoms with E-state index in [9.17, 15) is 4.79 Å². The molecule has 208 valence electrons. The number of hydrogen-bond acceptors (Lipinski definition) is 3. The van der Waals surface area contributed by atoms with Gasteiger partial charge in [-0.25, -0.2) is 11.8 Å². The van der Waals surface area contributed by atoms with E-state index in [0.29, 0.717) is 16.7 Å². The van der Waals surface area contributed by atoms with Crippen molar-refractivity contribution in [3.8, 4) is 11.1 Å². The minimum atomic E-state index is -0.495. The van der Waals surface area contributed by atoms with Gasteiger partial charge in [-0.15, -0.1) is 24.0 Å². The van der Waals surface area contributed by atoms with Crippen LogP contribution in [0.1, 0.15) is 15.9 Å². The van der Waals surface area contributed by atoms with E-state index in [0.717, 1.165) is 27.4 Å². The third-order valence-corrected chi connectivity index (χ3v) is 4.79. The first-order valence-corrected chi connectivity index (χ1v) is 8.74. The van der Waals surface area contributed by atoms with Gasteiger partial charge in [0.25, 0.3) is 0 Å². The SMILES string of the molecule is NC(=O)c1cc(-c2[c-]no[c-]2)cc2c1c1ccccc1n2[CH-]c1ccccc1.[Y].[Y].[Y].[Y].[Y].[Y].[Y].[Y].[Y].[Y].[Y].[Y].[Y].[Y].[Y].[Y].[Y].[Y].[Y].[Y].[Y].[Y].[Y].[Y]. The zero-order chi connectivity index (χ0) is 19.1. The second kappa shape index (κ2) is 82.3. The molecule has 5 rings (SSSR count). The molecular weight excluding hydrogens is 2480 g/mol. The third-order valence-electron chi connectivity index (χ3n) is 4.79. The average Bonchev–Trinajstić information content (AvgIpc) is 3.36. The quantitative estimate of drug-likeness (QED) is 0.276. The van der Waals surface area contributed by atoms with Crippen molar-refractivity contribution < 1.29 is 794 Å². The van der Waals surface area contributed by atoms with Crippen molar-refractivity contribution in [2.75, 3.05) is 0 Å². The van der Waals surface area contributed by atoms with Crippen molar-refractivity contribution in [3.63, 3.8) is 0 Å². The molecule has 5 aromatic rings. The van der Waals surface area contributed by atoms with Gasteiger partial charge in [-0.1, -0.05) is 49.0 Å². The maximum absolute atomic E-state index is 12.3. The summed E-state index contributed by atoms with van der Waals surface area (Å²) in [5.41, 5.74) is 10.3. The summed E-state index contributed by atoms with van der Waals surface area (Å²) in [5.74, 6) is -0.495. The molecule has 5 nitrogen and oxygen atoms in total. The second-order valence-electron chi connectivity index (χ2n) is 6.48. The van der Waals surface area contributed by atoms with E-state index in [1.165, 1.54) is 0 Å². The van der Waals surface area contributed by atoms with Crippen molar-refractivity contribution in [1.82, 2.24) is 9.72 Å². The van der Waals surface area contributed by atoms with Gasteiger partial charge in [-0.2, -0.15) is 12.1 Å². The van der Waals surface area contributed by atoms with Crippen LogP contribution < -0.4 is 5.73 Å². The van der Waals surface area contributed by atoms with Gasteiger partial charge in [0, 0.05) is 791 Å². The Bertz CT molecular complexity index is 1350. The molecule has 3 aromatic carbocycles. The number of carbonyl (C=O) groups is 1. The van der Waals surface area contributed by atoms with Gasteiger partial charge in [0.2, 0.25) is 5.91 Å². The Kier molecular flexibility index (Phi) is 215. The Labute approximate surface area is 914 Å². The Morgan fingerprint density at radius 3 is 1.40 bits per heavy atom. The Morgan fingerprint density at radius 1 is 0.577 bits per heavy atom. The molecule has 1 amide bonds. The van der Waals surface area contributed by atoms with Gasteiger partial charge in [0.05, 0.1) is 0 Å². The molecule has 0 spiro atoms. The molecule has 0 aliphatic carbocycles. The van der Waals surface area contributed by atoms with E-state index in [2.05, 4.69) is 22.2 Å². The minimum Gasteiger partial charge on any atom is -0.523 e. The topological polar surface area (TPSA) is 74.1 Å². The summed E-state index contributed by atoms with van der Waals surface area (Å²) in [6.07, 6.45) is 5.42. The summed E-state index contributed by atoms with van der Waals surface area (Å²) in [5, 5.41) is 5.38. The van der Waals surface area contributed by atoms with E-state index in [-0.39, 0.29) is 785 Å². The summed E-state index contributed by atoms with van der Waals surface area (Å²) in [7, 11) is 0. The molecule has 0 unspecified atom stereocenters. The summed E-state index contributed by atoms with van der Waals surface area (Å²) in [4.78, 5) is 12.3. The molecular formula is C23H14N3O2Y24-3. The van der Waals surface area contributed by atoms with Gasteiger partial charge in [0.1, 0.15) is 0 Å². The van der Waals surface area contributed by atoms with Crippen LogP contribution in [0.5, 0.6) is 0 Å². The van der Waals surface area contributed by atoms with Crippen LogP contribution in [0.15, 0.2) is 71.3 Å². The van der Waals surface area contributed by atoms with Crippen molar-refractivity contribution >= 4 is 27.7 Å². The molecule has 0 aliphatic heterocycles. The summed E-state index contributed by atoms with van der Waals surface area (Å²) in [6.45, 7) is 2.04. The number of fused-ring (bicyclic) bond motifs is 3. The van der Waals surface area contributed by atoms with Gasteiger partial charge in [-0.05, 0) is 21.8 Å². The monoisotopic (exact) mass is 2500 g/mol. The molecule has 2 N–H and O–H groups in total. The summed E-state index contributed by atoms with van der Waals surface area (Å²) < 4.78 is 6.88. The molecule has 2 aromatic heterocycles. The largest absolute Gasteiger partial charge is 0.523 e. The zero-order valence-electron chi connectivity index (χ0n) is 28.6. The van der Waals surface area contributed by atoms with Gasteiger partial charge in [0.15, 0.2) is 0 Å². The van der Waals surface area contributed by atoms with E-state index in [1.807, 2.05) is 67.2 Å². The maximum atomic E-state index is 12.3. The minimum absolute atomic E-state index is 0. The molecule has 0 bridgehead atoms. The zero-order valence-corrected chi connectivity index (χ0v) is 96.7. The molecule has 2 heterocycles. The first kappa shape index (κ1) is 136. The first-order chi connectivity index (χ1) is 13.7. The van der Waals surface area contributed by atoms with Gasteiger partial charge < -0.3 is 20.4 Å². The second-order valence-corrected chi connectivity index (χ2v) is 6.48. The maximum Gasteiger partial charge on any atom is 0.246 e. The summed E-state index contributed by atoms with van der Waals surface area (Å²) >= 11 is 0. The number of aromatic nitrogens is 2. The van der Waals surface area contributed by atoms with Gasteiger partial charge >= 0.3 is 0 Å².